The number of hydrogen-bond donors (Lipinski definition) is 1. The molecule has 0 radical (unpaired) electrons. The fourth-order valence-electron chi connectivity index (χ4n) is 2.57. The molecule has 0 aliphatic rings. The van der Waals surface area contributed by atoms with Crippen LogP contribution in [0.4, 0.5) is 9.52 Å². The van der Waals surface area contributed by atoms with Gasteiger partial charge in [-0.1, -0.05) is 11.6 Å². The van der Waals surface area contributed by atoms with E-state index < -0.39 is 11.7 Å². The Morgan fingerprint density at radius 2 is 2.04 bits per heavy atom. The SMILES string of the molecule is O=C(Cn1c(=O)oc2ccc(Cl)cc21)Nc1nc(-c2ccc(F)cc2)cs1. The Hall–Kier alpha value is -2.97. The van der Waals surface area contributed by atoms with Crippen LogP contribution >= 0.6 is 22.9 Å². The highest BCUT2D eigenvalue weighted by Crippen LogP contribution is 2.25. The Labute approximate surface area is 160 Å². The van der Waals surface area contributed by atoms with E-state index in [0.717, 1.165) is 5.56 Å². The summed E-state index contributed by atoms with van der Waals surface area (Å²) in [5.41, 5.74) is 2.15. The van der Waals surface area contributed by atoms with Crippen molar-refractivity contribution in [3.63, 3.8) is 0 Å². The molecule has 2 heterocycles. The van der Waals surface area contributed by atoms with Crippen molar-refractivity contribution in [2.45, 2.75) is 6.54 Å². The molecule has 0 bridgehead atoms. The number of carbonyl (C=O) groups is 1. The molecule has 0 saturated heterocycles. The number of fused-ring (bicyclic) bond motifs is 1. The van der Waals surface area contributed by atoms with E-state index in [0.29, 0.717) is 26.9 Å². The summed E-state index contributed by atoms with van der Waals surface area (Å²) < 4.78 is 19.3. The molecule has 0 aliphatic carbocycles. The van der Waals surface area contributed by atoms with E-state index in [1.807, 2.05) is 0 Å². The lowest BCUT2D eigenvalue weighted by molar-refractivity contribution is -0.116. The molecule has 0 fully saturated rings. The van der Waals surface area contributed by atoms with Gasteiger partial charge in [-0.15, -0.1) is 11.3 Å². The number of anilines is 1. The third-order valence-corrected chi connectivity index (χ3v) is 4.81. The summed E-state index contributed by atoms with van der Waals surface area (Å²) in [6.45, 7) is -0.238. The van der Waals surface area contributed by atoms with Crippen molar-refractivity contribution in [2.24, 2.45) is 0 Å². The van der Waals surface area contributed by atoms with Gasteiger partial charge in [0.1, 0.15) is 12.4 Å². The second-order valence-electron chi connectivity index (χ2n) is 5.66. The van der Waals surface area contributed by atoms with Gasteiger partial charge < -0.3 is 9.73 Å². The van der Waals surface area contributed by atoms with Gasteiger partial charge in [0.05, 0.1) is 11.2 Å². The number of aromatic nitrogens is 2. The predicted octanol–water partition coefficient (Wildman–Crippen LogP) is 4.15. The Balaban J connectivity index is 1.52. The number of thiazole rings is 1. The average Bonchev–Trinajstić information content (AvgIpc) is 3.21. The van der Waals surface area contributed by atoms with Crippen LogP contribution in [0.2, 0.25) is 5.02 Å². The predicted molar refractivity (Wildman–Crippen MR) is 102 cm³/mol. The normalized spacial score (nSPS) is 11.0. The molecular formula is C18H11ClFN3O3S. The molecule has 9 heteroatoms. The lowest BCUT2D eigenvalue weighted by Crippen LogP contribution is -2.24. The van der Waals surface area contributed by atoms with Gasteiger partial charge in [-0.3, -0.25) is 9.36 Å². The topological polar surface area (TPSA) is 77.1 Å². The van der Waals surface area contributed by atoms with Gasteiger partial charge >= 0.3 is 5.76 Å². The largest absolute Gasteiger partial charge is 0.420 e. The monoisotopic (exact) mass is 403 g/mol. The lowest BCUT2D eigenvalue weighted by Gasteiger charge is -2.03. The van der Waals surface area contributed by atoms with Crippen molar-refractivity contribution in [3.05, 3.63) is 69.2 Å². The first kappa shape index (κ1) is 17.4. The van der Waals surface area contributed by atoms with Crippen LogP contribution in [0, 0.1) is 5.82 Å². The first-order valence-corrected chi connectivity index (χ1v) is 9.05. The number of hydrogen-bond acceptors (Lipinski definition) is 5. The molecule has 0 aliphatic heterocycles. The minimum Gasteiger partial charge on any atom is -0.408 e. The number of benzene rings is 2. The molecule has 27 heavy (non-hydrogen) atoms. The van der Waals surface area contributed by atoms with Gasteiger partial charge in [0.15, 0.2) is 10.7 Å². The second kappa shape index (κ2) is 6.98. The zero-order valence-corrected chi connectivity index (χ0v) is 15.2. The van der Waals surface area contributed by atoms with Crippen LogP contribution in [0.15, 0.2) is 57.1 Å². The maximum absolute atomic E-state index is 13.0. The van der Waals surface area contributed by atoms with Gasteiger partial charge in [-0.05, 0) is 42.5 Å². The third kappa shape index (κ3) is 3.62. The Kier molecular flexibility index (Phi) is 4.51. The summed E-state index contributed by atoms with van der Waals surface area (Å²) in [6, 6.07) is 10.6. The number of amides is 1. The first-order valence-electron chi connectivity index (χ1n) is 7.80. The Morgan fingerprint density at radius 3 is 2.81 bits per heavy atom. The van der Waals surface area contributed by atoms with Crippen molar-refractivity contribution in [1.82, 2.24) is 9.55 Å². The number of carbonyl (C=O) groups excluding carboxylic acids is 1. The third-order valence-electron chi connectivity index (χ3n) is 3.82. The summed E-state index contributed by atoms with van der Waals surface area (Å²) in [5.74, 6) is -1.41. The maximum atomic E-state index is 13.0. The molecular weight excluding hydrogens is 393 g/mol. The van der Waals surface area contributed by atoms with Gasteiger partial charge in [-0.2, -0.15) is 0 Å². The number of rotatable bonds is 4. The standard InChI is InChI=1S/C18H11ClFN3O3S/c19-11-3-6-15-14(7-11)23(18(25)26-15)8-16(24)22-17-21-13(9-27-17)10-1-4-12(20)5-2-10/h1-7,9H,8H2,(H,21,22,24). The molecule has 4 aromatic rings. The second-order valence-corrected chi connectivity index (χ2v) is 6.95. The van der Waals surface area contributed by atoms with Gasteiger partial charge in [0, 0.05) is 16.0 Å². The molecule has 0 unspecified atom stereocenters. The van der Waals surface area contributed by atoms with E-state index in [4.69, 9.17) is 16.0 Å². The molecule has 2 aromatic carbocycles. The van der Waals surface area contributed by atoms with Crippen LogP contribution in [0.5, 0.6) is 0 Å². The molecule has 0 atom stereocenters. The highest BCUT2D eigenvalue weighted by molar-refractivity contribution is 7.14. The summed E-state index contributed by atoms with van der Waals surface area (Å²) in [6.07, 6.45) is 0. The van der Waals surface area contributed by atoms with Crippen LogP contribution in [-0.2, 0) is 11.3 Å². The minimum atomic E-state index is -0.645. The fourth-order valence-corrected chi connectivity index (χ4v) is 3.47. The average molecular weight is 404 g/mol. The van der Waals surface area contributed by atoms with Crippen molar-refractivity contribution in [3.8, 4) is 11.3 Å². The fraction of sp³-hybridized carbons (Fsp3) is 0.0556. The quantitative estimate of drug-likeness (QED) is 0.555. The van der Waals surface area contributed by atoms with Crippen LogP contribution in [0.25, 0.3) is 22.4 Å². The van der Waals surface area contributed by atoms with Crippen LogP contribution in [-0.4, -0.2) is 15.5 Å². The molecule has 0 saturated carbocycles. The summed E-state index contributed by atoms with van der Waals surface area (Å²) in [4.78, 5) is 28.6. The maximum Gasteiger partial charge on any atom is 0.420 e. The van der Waals surface area contributed by atoms with Crippen molar-refractivity contribution < 1.29 is 13.6 Å². The zero-order chi connectivity index (χ0) is 19.0. The smallest absolute Gasteiger partial charge is 0.408 e. The van der Waals surface area contributed by atoms with E-state index in [1.54, 1.807) is 35.7 Å². The van der Waals surface area contributed by atoms with E-state index in [-0.39, 0.29) is 12.4 Å². The van der Waals surface area contributed by atoms with E-state index >= 15 is 0 Å². The van der Waals surface area contributed by atoms with Crippen molar-refractivity contribution in [2.75, 3.05) is 5.32 Å². The Bertz CT molecular complexity index is 1200. The van der Waals surface area contributed by atoms with Gasteiger partial charge in [-0.25, -0.2) is 14.2 Å². The van der Waals surface area contributed by atoms with E-state index in [9.17, 15) is 14.0 Å². The highest BCUT2D eigenvalue weighted by atomic mass is 35.5. The van der Waals surface area contributed by atoms with E-state index in [2.05, 4.69) is 10.3 Å². The molecule has 2 aromatic heterocycles. The molecule has 6 nitrogen and oxygen atoms in total. The highest BCUT2D eigenvalue weighted by Gasteiger charge is 2.14. The molecule has 1 N–H and O–H groups in total. The minimum absolute atomic E-state index is 0.238. The van der Waals surface area contributed by atoms with Crippen molar-refractivity contribution in [1.29, 1.82) is 0 Å². The van der Waals surface area contributed by atoms with Crippen molar-refractivity contribution >= 4 is 45.1 Å². The summed E-state index contributed by atoms with van der Waals surface area (Å²) in [7, 11) is 0. The number of oxazole rings is 1. The van der Waals surface area contributed by atoms with Crippen LogP contribution in [0.3, 0.4) is 0 Å². The van der Waals surface area contributed by atoms with Crippen LogP contribution < -0.4 is 11.1 Å². The number of nitrogens with one attached hydrogen (secondary N) is 1. The number of halogens is 2. The summed E-state index contributed by atoms with van der Waals surface area (Å²) in [5, 5.41) is 5.21. The molecule has 136 valence electrons. The zero-order valence-electron chi connectivity index (χ0n) is 13.6. The lowest BCUT2D eigenvalue weighted by atomic mass is 10.2. The molecule has 0 spiro atoms. The molecule has 1 amide bonds. The number of nitrogens with zero attached hydrogens (tertiary/aromatic N) is 2. The first-order chi connectivity index (χ1) is 13.0. The Morgan fingerprint density at radius 1 is 1.26 bits per heavy atom. The van der Waals surface area contributed by atoms with Crippen LogP contribution in [0.1, 0.15) is 0 Å². The molecule has 4 rings (SSSR count). The van der Waals surface area contributed by atoms with Gasteiger partial charge in [0.25, 0.3) is 0 Å². The summed E-state index contributed by atoms with van der Waals surface area (Å²) >= 11 is 7.18. The van der Waals surface area contributed by atoms with E-state index in [1.165, 1.54) is 28.0 Å². The van der Waals surface area contributed by atoms with Gasteiger partial charge in [0.2, 0.25) is 5.91 Å².